The number of nitrogens with two attached hydrogens (primary N) is 1. The van der Waals surface area contributed by atoms with Gasteiger partial charge < -0.3 is 20.7 Å². The highest BCUT2D eigenvalue weighted by atomic mass is 32.2. The van der Waals surface area contributed by atoms with Gasteiger partial charge in [-0.15, -0.1) is 11.3 Å². The average molecular weight is 329 g/mol. The van der Waals surface area contributed by atoms with E-state index in [1.807, 2.05) is 18.7 Å². The monoisotopic (exact) mass is 329 g/mol. The van der Waals surface area contributed by atoms with E-state index in [0.29, 0.717) is 22.9 Å². The van der Waals surface area contributed by atoms with Gasteiger partial charge in [0.15, 0.2) is 5.75 Å². The Labute approximate surface area is 134 Å². The molecule has 2 heterocycles. The summed E-state index contributed by atoms with van der Waals surface area (Å²) in [5.41, 5.74) is 6.56. The number of anilines is 2. The molecule has 0 bridgehead atoms. The van der Waals surface area contributed by atoms with Crippen LogP contribution in [0.5, 0.6) is 5.75 Å². The summed E-state index contributed by atoms with van der Waals surface area (Å²) in [5, 5.41) is 3.76. The van der Waals surface area contributed by atoms with Crippen molar-refractivity contribution in [3.8, 4) is 5.75 Å². The molecule has 0 spiro atoms. The number of thiophene rings is 1. The minimum absolute atomic E-state index is 0.129. The van der Waals surface area contributed by atoms with E-state index in [2.05, 4.69) is 24.1 Å². The first-order chi connectivity index (χ1) is 9.89. The average Bonchev–Trinajstić information content (AvgIpc) is 2.75. The van der Waals surface area contributed by atoms with E-state index in [1.54, 1.807) is 7.11 Å². The predicted octanol–water partition coefficient (Wildman–Crippen LogP) is 2.42. The van der Waals surface area contributed by atoms with E-state index in [4.69, 9.17) is 10.5 Å². The highest BCUT2D eigenvalue weighted by Gasteiger charge is 2.32. The number of methoxy groups -OCH3 is 1. The Kier molecular flexibility index (Phi) is 4.93. The molecule has 0 unspecified atom stereocenters. The summed E-state index contributed by atoms with van der Waals surface area (Å²) in [4.78, 5) is 14.9. The fourth-order valence-corrected chi connectivity index (χ4v) is 4.66. The lowest BCUT2D eigenvalue weighted by Gasteiger charge is -2.38. The van der Waals surface area contributed by atoms with Crippen molar-refractivity contribution in [1.82, 2.24) is 5.32 Å². The third kappa shape index (κ3) is 3.40. The molecule has 1 aliphatic rings. The minimum Gasteiger partial charge on any atom is -0.492 e. The number of nitrogen functional groups attached to an aromatic ring is 1. The number of carbonyl (C=O) groups is 1. The van der Waals surface area contributed by atoms with E-state index < -0.39 is 0 Å². The van der Waals surface area contributed by atoms with Gasteiger partial charge in [-0.1, -0.05) is 0 Å². The van der Waals surface area contributed by atoms with Crippen LogP contribution in [0.1, 0.15) is 30.4 Å². The molecule has 21 heavy (non-hydrogen) atoms. The summed E-state index contributed by atoms with van der Waals surface area (Å²) in [6, 6.07) is 0. The van der Waals surface area contributed by atoms with Crippen LogP contribution >= 0.6 is 23.1 Å². The standard InChI is InChI=1S/C14H23N3O2S2/c1-5-16-12(18)11-9(15)10(19-4)13(21-11)17-6-7-20-14(2,3)8-17/h5-8,15H2,1-4H3,(H,16,18). The zero-order valence-electron chi connectivity index (χ0n) is 13.0. The van der Waals surface area contributed by atoms with E-state index in [9.17, 15) is 4.79 Å². The van der Waals surface area contributed by atoms with Crippen LogP contribution in [0.25, 0.3) is 0 Å². The Morgan fingerprint density at radius 3 is 2.81 bits per heavy atom. The lowest BCUT2D eigenvalue weighted by molar-refractivity contribution is 0.0960. The molecule has 5 nitrogen and oxygen atoms in total. The van der Waals surface area contributed by atoms with Crippen LogP contribution in [0.3, 0.4) is 0 Å². The van der Waals surface area contributed by atoms with E-state index in [0.717, 1.165) is 23.8 Å². The van der Waals surface area contributed by atoms with Gasteiger partial charge in [0.05, 0.1) is 7.11 Å². The molecule has 2 rings (SSSR count). The molecule has 0 radical (unpaired) electrons. The smallest absolute Gasteiger partial charge is 0.263 e. The van der Waals surface area contributed by atoms with Gasteiger partial charge in [0.25, 0.3) is 5.91 Å². The van der Waals surface area contributed by atoms with Gasteiger partial charge in [0.1, 0.15) is 15.6 Å². The van der Waals surface area contributed by atoms with Gasteiger partial charge in [-0.2, -0.15) is 11.8 Å². The largest absolute Gasteiger partial charge is 0.492 e. The Morgan fingerprint density at radius 2 is 2.24 bits per heavy atom. The summed E-state index contributed by atoms with van der Waals surface area (Å²) in [7, 11) is 1.60. The molecule has 7 heteroatoms. The Bertz CT molecular complexity index is 529. The number of carbonyl (C=O) groups excluding carboxylic acids is 1. The number of amides is 1. The van der Waals surface area contributed by atoms with Crippen LogP contribution < -0.4 is 20.7 Å². The van der Waals surface area contributed by atoms with Crippen molar-refractivity contribution >= 4 is 39.7 Å². The van der Waals surface area contributed by atoms with E-state index >= 15 is 0 Å². The third-order valence-electron chi connectivity index (χ3n) is 3.34. The number of hydrogen-bond acceptors (Lipinski definition) is 6. The minimum atomic E-state index is -0.129. The molecule has 0 saturated carbocycles. The van der Waals surface area contributed by atoms with Crippen LogP contribution in [-0.2, 0) is 0 Å². The summed E-state index contributed by atoms with van der Waals surface area (Å²) in [6.07, 6.45) is 0. The fraction of sp³-hybridized carbons (Fsp3) is 0.643. The molecule has 0 aliphatic carbocycles. The second kappa shape index (κ2) is 6.36. The van der Waals surface area contributed by atoms with Crippen molar-refractivity contribution < 1.29 is 9.53 Å². The molecule has 0 aromatic carbocycles. The predicted molar refractivity (Wildman–Crippen MR) is 92.0 cm³/mol. The van der Waals surface area contributed by atoms with Crippen molar-refractivity contribution in [1.29, 1.82) is 0 Å². The van der Waals surface area contributed by atoms with Gasteiger partial charge in [0.2, 0.25) is 0 Å². The molecular weight excluding hydrogens is 306 g/mol. The normalized spacial score (nSPS) is 17.6. The SMILES string of the molecule is CCNC(=O)c1sc(N2CCSC(C)(C)C2)c(OC)c1N. The van der Waals surface area contributed by atoms with E-state index in [-0.39, 0.29) is 10.7 Å². The van der Waals surface area contributed by atoms with Gasteiger partial charge >= 0.3 is 0 Å². The van der Waals surface area contributed by atoms with Crippen LogP contribution in [-0.4, -0.2) is 43.2 Å². The van der Waals surface area contributed by atoms with Crippen LogP contribution in [0, 0.1) is 0 Å². The van der Waals surface area contributed by atoms with Crippen LogP contribution in [0.15, 0.2) is 0 Å². The van der Waals surface area contributed by atoms with Crippen LogP contribution in [0.2, 0.25) is 0 Å². The first kappa shape index (κ1) is 16.3. The second-order valence-electron chi connectivity index (χ2n) is 5.57. The van der Waals surface area contributed by atoms with Gasteiger partial charge in [0, 0.05) is 30.1 Å². The zero-order valence-corrected chi connectivity index (χ0v) is 14.6. The van der Waals surface area contributed by atoms with E-state index in [1.165, 1.54) is 11.3 Å². The molecule has 1 aromatic heterocycles. The summed E-state index contributed by atoms with van der Waals surface area (Å²) in [5.74, 6) is 1.56. The molecular formula is C14H23N3O2S2. The molecule has 0 atom stereocenters. The first-order valence-corrected chi connectivity index (χ1v) is 8.83. The van der Waals surface area contributed by atoms with Crippen molar-refractivity contribution in [2.45, 2.75) is 25.5 Å². The quantitative estimate of drug-likeness (QED) is 0.888. The van der Waals surface area contributed by atoms with Gasteiger partial charge in [-0.3, -0.25) is 4.79 Å². The first-order valence-electron chi connectivity index (χ1n) is 7.03. The van der Waals surface area contributed by atoms with Crippen LogP contribution in [0.4, 0.5) is 10.7 Å². The second-order valence-corrected chi connectivity index (χ2v) is 8.37. The number of thioether (sulfide) groups is 1. The fourth-order valence-electron chi connectivity index (χ4n) is 2.42. The molecule has 1 saturated heterocycles. The topological polar surface area (TPSA) is 67.6 Å². The number of rotatable bonds is 4. The molecule has 1 aromatic rings. The summed E-state index contributed by atoms with van der Waals surface area (Å²) < 4.78 is 5.65. The summed E-state index contributed by atoms with van der Waals surface area (Å²) >= 11 is 3.39. The number of ether oxygens (including phenoxy) is 1. The maximum Gasteiger partial charge on any atom is 0.263 e. The maximum absolute atomic E-state index is 12.1. The molecule has 1 aliphatic heterocycles. The molecule has 118 valence electrons. The zero-order chi connectivity index (χ0) is 15.6. The third-order valence-corrected chi connectivity index (χ3v) is 5.89. The number of nitrogens with zero attached hydrogens (tertiary/aromatic N) is 1. The molecule has 1 fully saturated rings. The van der Waals surface area contributed by atoms with Crippen molar-refractivity contribution in [2.24, 2.45) is 0 Å². The molecule has 1 amide bonds. The Morgan fingerprint density at radius 1 is 1.52 bits per heavy atom. The number of nitrogens with one attached hydrogen (secondary N) is 1. The maximum atomic E-state index is 12.1. The molecule has 3 N–H and O–H groups in total. The lowest BCUT2D eigenvalue weighted by atomic mass is 10.2. The van der Waals surface area contributed by atoms with Gasteiger partial charge in [-0.25, -0.2) is 0 Å². The Hall–Kier alpha value is -1.08. The lowest BCUT2D eigenvalue weighted by Crippen LogP contribution is -2.42. The summed E-state index contributed by atoms with van der Waals surface area (Å²) in [6.45, 7) is 8.81. The van der Waals surface area contributed by atoms with Crippen molar-refractivity contribution in [3.05, 3.63) is 4.88 Å². The Balaban J connectivity index is 2.35. The van der Waals surface area contributed by atoms with Crippen molar-refractivity contribution in [3.63, 3.8) is 0 Å². The number of hydrogen-bond donors (Lipinski definition) is 2. The highest BCUT2D eigenvalue weighted by Crippen LogP contribution is 2.46. The van der Waals surface area contributed by atoms with Gasteiger partial charge in [-0.05, 0) is 20.8 Å². The highest BCUT2D eigenvalue weighted by molar-refractivity contribution is 8.00. The van der Waals surface area contributed by atoms with Crippen molar-refractivity contribution in [2.75, 3.05) is 43.1 Å².